The average molecular weight is 320 g/mol. The van der Waals surface area contributed by atoms with Crippen molar-refractivity contribution in [2.45, 2.75) is 0 Å². The molecule has 0 aliphatic carbocycles. The summed E-state index contributed by atoms with van der Waals surface area (Å²) in [4.78, 5) is 20.5. The molecule has 4 nitrogen and oxygen atoms in total. The number of piperazine rings is 1. The van der Waals surface area contributed by atoms with Crippen LogP contribution in [0.25, 0.3) is 0 Å². The molecule has 1 saturated heterocycles. The molecule has 0 radical (unpaired) electrons. The standard InChI is InChI=1S/C16H15ClFN3O/c17-14-2-1-3-15(19-14)20-8-10-21(11-9-20)16(22)12-4-6-13(18)7-5-12/h1-7H,8-11H2. The Hall–Kier alpha value is -2.14. The van der Waals surface area contributed by atoms with Crippen LogP contribution in [0, 0.1) is 5.82 Å². The van der Waals surface area contributed by atoms with E-state index in [0.717, 1.165) is 5.82 Å². The van der Waals surface area contributed by atoms with Crippen LogP contribution in [0.3, 0.4) is 0 Å². The SMILES string of the molecule is O=C(c1ccc(F)cc1)N1CCN(c2cccc(Cl)n2)CC1. The average Bonchev–Trinajstić information content (AvgIpc) is 2.55. The molecule has 0 spiro atoms. The maximum absolute atomic E-state index is 12.9. The molecular formula is C16H15ClFN3O. The number of rotatable bonds is 2. The number of carbonyl (C=O) groups is 1. The molecule has 1 aliphatic rings. The van der Waals surface area contributed by atoms with E-state index >= 15 is 0 Å². The first-order valence-electron chi connectivity index (χ1n) is 7.06. The van der Waals surface area contributed by atoms with Gasteiger partial charge < -0.3 is 9.80 Å². The number of hydrogen-bond acceptors (Lipinski definition) is 3. The van der Waals surface area contributed by atoms with Gasteiger partial charge in [-0.2, -0.15) is 0 Å². The fourth-order valence-electron chi connectivity index (χ4n) is 2.49. The van der Waals surface area contributed by atoms with E-state index in [0.29, 0.717) is 36.9 Å². The van der Waals surface area contributed by atoms with Crippen molar-refractivity contribution in [3.63, 3.8) is 0 Å². The Morgan fingerprint density at radius 1 is 1.05 bits per heavy atom. The van der Waals surface area contributed by atoms with Crippen LogP contribution in [-0.4, -0.2) is 42.0 Å². The monoisotopic (exact) mass is 319 g/mol. The molecule has 0 saturated carbocycles. The molecule has 2 heterocycles. The molecule has 1 aromatic heterocycles. The largest absolute Gasteiger partial charge is 0.353 e. The summed E-state index contributed by atoms with van der Waals surface area (Å²) < 4.78 is 12.9. The van der Waals surface area contributed by atoms with Crippen LogP contribution in [0.15, 0.2) is 42.5 Å². The van der Waals surface area contributed by atoms with Gasteiger partial charge in [-0.25, -0.2) is 9.37 Å². The quantitative estimate of drug-likeness (QED) is 0.799. The van der Waals surface area contributed by atoms with E-state index in [1.165, 1.54) is 24.3 Å². The molecule has 6 heteroatoms. The van der Waals surface area contributed by atoms with Crippen molar-refractivity contribution in [1.82, 2.24) is 9.88 Å². The van der Waals surface area contributed by atoms with E-state index in [1.54, 1.807) is 11.0 Å². The van der Waals surface area contributed by atoms with Gasteiger partial charge in [0.1, 0.15) is 16.8 Å². The first-order chi connectivity index (χ1) is 10.6. The lowest BCUT2D eigenvalue weighted by Gasteiger charge is -2.35. The molecule has 0 unspecified atom stereocenters. The van der Waals surface area contributed by atoms with Gasteiger partial charge >= 0.3 is 0 Å². The predicted octanol–water partition coefficient (Wildman–Crippen LogP) is 2.84. The van der Waals surface area contributed by atoms with Crippen molar-refractivity contribution in [2.24, 2.45) is 0 Å². The molecule has 1 aromatic carbocycles. The third-order valence-electron chi connectivity index (χ3n) is 3.68. The molecule has 114 valence electrons. The highest BCUT2D eigenvalue weighted by Gasteiger charge is 2.22. The summed E-state index contributed by atoms with van der Waals surface area (Å²) in [5, 5.41) is 0.460. The van der Waals surface area contributed by atoms with Gasteiger partial charge in [0, 0.05) is 31.7 Å². The van der Waals surface area contributed by atoms with Crippen LogP contribution in [-0.2, 0) is 0 Å². The second kappa shape index (κ2) is 6.32. The number of amides is 1. The molecular weight excluding hydrogens is 305 g/mol. The summed E-state index contributed by atoms with van der Waals surface area (Å²) in [6.07, 6.45) is 0. The van der Waals surface area contributed by atoms with Crippen molar-refractivity contribution < 1.29 is 9.18 Å². The van der Waals surface area contributed by atoms with Gasteiger partial charge in [0.05, 0.1) is 0 Å². The van der Waals surface area contributed by atoms with Gasteiger partial charge in [-0.1, -0.05) is 17.7 Å². The van der Waals surface area contributed by atoms with Crippen molar-refractivity contribution in [3.8, 4) is 0 Å². The van der Waals surface area contributed by atoms with E-state index in [9.17, 15) is 9.18 Å². The minimum Gasteiger partial charge on any atom is -0.353 e. The van der Waals surface area contributed by atoms with Gasteiger partial charge in [-0.3, -0.25) is 4.79 Å². The second-order valence-corrected chi connectivity index (χ2v) is 5.49. The predicted molar refractivity (Wildman–Crippen MR) is 83.8 cm³/mol. The number of benzene rings is 1. The number of pyridine rings is 1. The maximum atomic E-state index is 12.9. The summed E-state index contributed by atoms with van der Waals surface area (Å²) in [6.45, 7) is 2.59. The van der Waals surface area contributed by atoms with Gasteiger partial charge in [0.2, 0.25) is 0 Å². The summed E-state index contributed by atoms with van der Waals surface area (Å²) in [7, 11) is 0. The first kappa shape index (κ1) is 14.8. The molecule has 0 N–H and O–H groups in total. The van der Waals surface area contributed by atoms with Crippen LogP contribution in [0.2, 0.25) is 5.15 Å². The number of hydrogen-bond donors (Lipinski definition) is 0. The zero-order valence-corrected chi connectivity index (χ0v) is 12.6. The molecule has 2 aromatic rings. The summed E-state index contributed by atoms with van der Waals surface area (Å²) in [5.74, 6) is 0.411. The highest BCUT2D eigenvalue weighted by molar-refractivity contribution is 6.29. The highest BCUT2D eigenvalue weighted by Crippen LogP contribution is 2.17. The van der Waals surface area contributed by atoms with Crippen molar-refractivity contribution >= 4 is 23.3 Å². The third-order valence-corrected chi connectivity index (χ3v) is 3.89. The molecule has 0 atom stereocenters. The van der Waals surface area contributed by atoms with Gasteiger partial charge in [0.15, 0.2) is 0 Å². The molecule has 1 amide bonds. The Labute approximate surface area is 133 Å². The number of halogens is 2. The Balaban J connectivity index is 1.64. The third kappa shape index (κ3) is 3.20. The highest BCUT2D eigenvalue weighted by atomic mass is 35.5. The fraction of sp³-hybridized carbons (Fsp3) is 0.250. The minimum atomic E-state index is -0.339. The van der Waals surface area contributed by atoms with E-state index in [-0.39, 0.29) is 11.7 Å². The zero-order valence-electron chi connectivity index (χ0n) is 11.9. The van der Waals surface area contributed by atoms with Crippen LogP contribution >= 0.6 is 11.6 Å². The number of carbonyl (C=O) groups excluding carboxylic acids is 1. The smallest absolute Gasteiger partial charge is 0.253 e. The van der Waals surface area contributed by atoms with Gasteiger partial charge in [-0.15, -0.1) is 0 Å². The lowest BCUT2D eigenvalue weighted by Crippen LogP contribution is -2.49. The lowest BCUT2D eigenvalue weighted by atomic mass is 10.2. The Morgan fingerprint density at radius 2 is 1.73 bits per heavy atom. The number of anilines is 1. The van der Waals surface area contributed by atoms with Gasteiger partial charge in [0.25, 0.3) is 5.91 Å². The van der Waals surface area contributed by atoms with Crippen LogP contribution in [0.1, 0.15) is 10.4 Å². The lowest BCUT2D eigenvalue weighted by molar-refractivity contribution is 0.0746. The molecule has 1 fully saturated rings. The normalized spacial score (nSPS) is 15.0. The molecule has 3 rings (SSSR count). The summed E-state index contributed by atoms with van der Waals surface area (Å²) in [5.41, 5.74) is 0.510. The zero-order chi connectivity index (χ0) is 15.5. The summed E-state index contributed by atoms with van der Waals surface area (Å²) >= 11 is 5.90. The van der Waals surface area contributed by atoms with Gasteiger partial charge in [-0.05, 0) is 36.4 Å². The van der Waals surface area contributed by atoms with Crippen molar-refractivity contribution in [3.05, 3.63) is 59.0 Å². The number of aromatic nitrogens is 1. The van der Waals surface area contributed by atoms with Crippen LogP contribution in [0.5, 0.6) is 0 Å². The van der Waals surface area contributed by atoms with E-state index in [1.807, 2.05) is 12.1 Å². The Kier molecular flexibility index (Phi) is 4.24. The second-order valence-electron chi connectivity index (χ2n) is 5.10. The first-order valence-corrected chi connectivity index (χ1v) is 7.43. The molecule has 0 bridgehead atoms. The Bertz CT molecular complexity index is 669. The van der Waals surface area contributed by atoms with E-state index in [2.05, 4.69) is 9.88 Å². The minimum absolute atomic E-state index is 0.0706. The van der Waals surface area contributed by atoms with Crippen LogP contribution in [0.4, 0.5) is 10.2 Å². The van der Waals surface area contributed by atoms with E-state index < -0.39 is 0 Å². The maximum Gasteiger partial charge on any atom is 0.253 e. The molecule has 22 heavy (non-hydrogen) atoms. The van der Waals surface area contributed by atoms with Crippen molar-refractivity contribution in [1.29, 1.82) is 0 Å². The topological polar surface area (TPSA) is 36.4 Å². The summed E-state index contributed by atoms with van der Waals surface area (Å²) in [6, 6.07) is 11.1. The Morgan fingerprint density at radius 3 is 2.36 bits per heavy atom. The number of nitrogens with zero attached hydrogens (tertiary/aromatic N) is 3. The van der Waals surface area contributed by atoms with E-state index in [4.69, 9.17) is 11.6 Å². The molecule has 1 aliphatic heterocycles. The fourth-order valence-corrected chi connectivity index (χ4v) is 2.65. The van der Waals surface area contributed by atoms with Crippen molar-refractivity contribution in [2.75, 3.05) is 31.1 Å². The van der Waals surface area contributed by atoms with Crippen LogP contribution < -0.4 is 4.90 Å².